The van der Waals surface area contributed by atoms with Crippen LogP contribution >= 0.6 is 0 Å². The van der Waals surface area contributed by atoms with Crippen LogP contribution in [-0.2, 0) is 0 Å². The van der Waals surface area contributed by atoms with E-state index in [1.807, 2.05) is 13.8 Å². The number of alkyl halides is 4. The number of nitrogens with zero attached hydrogens (tertiary/aromatic N) is 3. The van der Waals surface area contributed by atoms with Crippen molar-refractivity contribution in [2.75, 3.05) is 19.1 Å². The molecule has 0 spiro atoms. The van der Waals surface area contributed by atoms with Gasteiger partial charge in [0.1, 0.15) is 0 Å². The van der Waals surface area contributed by atoms with Crippen molar-refractivity contribution in [1.29, 1.82) is 0 Å². The highest BCUT2D eigenvalue weighted by atomic mass is 19.3. The fourth-order valence-corrected chi connectivity index (χ4v) is 3.95. The van der Waals surface area contributed by atoms with Gasteiger partial charge in [0.05, 0.1) is 19.0 Å². The molecule has 1 aliphatic carbocycles. The SMILES string of the molecule is CC(C)n1nc(-c2cnc(N)c(OC(F)F)c2)cc1[C@@H]1C(CF)C[C@H]1CCF. The molecule has 1 aliphatic rings. The Hall–Kier alpha value is -2.32. The van der Waals surface area contributed by atoms with Gasteiger partial charge in [-0.15, -0.1) is 0 Å². The van der Waals surface area contributed by atoms with E-state index < -0.39 is 20.0 Å². The second-order valence-electron chi connectivity index (χ2n) is 7.39. The van der Waals surface area contributed by atoms with Gasteiger partial charge in [0.2, 0.25) is 0 Å². The minimum atomic E-state index is -3.02. The van der Waals surface area contributed by atoms with Crippen LogP contribution in [-0.4, -0.2) is 34.7 Å². The number of halogens is 4. The fraction of sp³-hybridized carbons (Fsp3) is 0.579. The Morgan fingerprint density at radius 2 is 2.00 bits per heavy atom. The Morgan fingerprint density at radius 3 is 2.61 bits per heavy atom. The highest BCUT2D eigenvalue weighted by Crippen LogP contribution is 2.50. The van der Waals surface area contributed by atoms with Crippen LogP contribution in [0.1, 0.15) is 44.3 Å². The van der Waals surface area contributed by atoms with E-state index >= 15 is 0 Å². The van der Waals surface area contributed by atoms with Gasteiger partial charge >= 0.3 is 6.61 Å². The molecule has 0 aliphatic heterocycles. The molecule has 2 N–H and O–H groups in total. The number of pyridine rings is 1. The Labute approximate surface area is 160 Å². The largest absolute Gasteiger partial charge is 0.431 e. The minimum Gasteiger partial charge on any atom is -0.431 e. The summed E-state index contributed by atoms with van der Waals surface area (Å²) in [7, 11) is 0. The second-order valence-corrected chi connectivity index (χ2v) is 7.39. The average Bonchev–Trinajstić information content (AvgIpc) is 3.04. The van der Waals surface area contributed by atoms with Crippen LogP contribution in [0.5, 0.6) is 5.75 Å². The number of nitrogens with two attached hydrogens (primary N) is 1. The zero-order chi connectivity index (χ0) is 20.4. The van der Waals surface area contributed by atoms with Crippen LogP contribution in [0.25, 0.3) is 11.3 Å². The van der Waals surface area contributed by atoms with Crippen LogP contribution in [0.15, 0.2) is 18.3 Å². The maximum atomic E-state index is 13.4. The molecule has 0 amide bonds. The zero-order valence-electron chi connectivity index (χ0n) is 15.8. The lowest BCUT2D eigenvalue weighted by molar-refractivity contribution is -0.0494. The smallest absolute Gasteiger partial charge is 0.387 e. The maximum absolute atomic E-state index is 13.4. The second kappa shape index (κ2) is 8.36. The van der Waals surface area contributed by atoms with Gasteiger partial charge in [0.25, 0.3) is 0 Å². The third kappa shape index (κ3) is 3.93. The van der Waals surface area contributed by atoms with Crippen molar-refractivity contribution in [3.05, 3.63) is 24.0 Å². The Morgan fingerprint density at radius 1 is 1.25 bits per heavy atom. The Kier molecular flexibility index (Phi) is 6.10. The summed E-state index contributed by atoms with van der Waals surface area (Å²) in [6.45, 7) is -0.0499. The summed E-state index contributed by atoms with van der Waals surface area (Å²) >= 11 is 0. The van der Waals surface area contributed by atoms with Gasteiger partial charge in [0.15, 0.2) is 11.6 Å². The number of aromatic nitrogens is 3. The molecule has 2 aromatic rings. The fourth-order valence-electron chi connectivity index (χ4n) is 3.95. The van der Waals surface area contributed by atoms with Gasteiger partial charge in [-0.05, 0) is 50.7 Å². The first-order chi connectivity index (χ1) is 13.3. The molecule has 2 heterocycles. The summed E-state index contributed by atoms with van der Waals surface area (Å²) in [6, 6.07) is 3.16. The molecule has 1 unspecified atom stereocenters. The number of ether oxygens (including phenoxy) is 1. The summed E-state index contributed by atoms with van der Waals surface area (Å²) in [5, 5.41) is 4.57. The average molecular weight is 400 g/mol. The first-order valence-corrected chi connectivity index (χ1v) is 9.27. The van der Waals surface area contributed by atoms with E-state index in [4.69, 9.17) is 5.73 Å². The van der Waals surface area contributed by atoms with E-state index in [0.29, 0.717) is 24.1 Å². The van der Waals surface area contributed by atoms with Gasteiger partial charge in [0, 0.05) is 29.4 Å². The van der Waals surface area contributed by atoms with Gasteiger partial charge in [-0.1, -0.05) is 0 Å². The summed E-state index contributed by atoms with van der Waals surface area (Å²) in [6.07, 6.45) is 2.46. The predicted octanol–water partition coefficient (Wildman–Crippen LogP) is 4.76. The normalized spacial score (nSPS) is 21.9. The maximum Gasteiger partial charge on any atom is 0.387 e. The summed E-state index contributed by atoms with van der Waals surface area (Å²) in [5.74, 6) is -0.598. The molecule has 1 fully saturated rings. The van der Waals surface area contributed by atoms with E-state index in [1.54, 1.807) is 10.7 Å². The van der Waals surface area contributed by atoms with E-state index in [-0.39, 0.29) is 35.4 Å². The monoisotopic (exact) mass is 400 g/mol. The first kappa shape index (κ1) is 20.4. The van der Waals surface area contributed by atoms with Crippen molar-refractivity contribution in [3.63, 3.8) is 0 Å². The molecule has 154 valence electrons. The lowest BCUT2D eigenvalue weighted by Crippen LogP contribution is -2.38. The van der Waals surface area contributed by atoms with E-state index in [2.05, 4.69) is 14.8 Å². The number of hydrogen-bond donors (Lipinski definition) is 1. The Balaban J connectivity index is 1.99. The van der Waals surface area contributed by atoms with Crippen LogP contribution in [0.4, 0.5) is 23.4 Å². The third-order valence-corrected chi connectivity index (χ3v) is 5.29. The number of nitrogen functional groups attached to an aromatic ring is 1. The lowest BCUT2D eigenvalue weighted by Gasteiger charge is -2.43. The molecule has 1 saturated carbocycles. The molecular formula is C19H24F4N4O. The van der Waals surface area contributed by atoms with Crippen LogP contribution < -0.4 is 10.5 Å². The van der Waals surface area contributed by atoms with Crippen molar-refractivity contribution < 1.29 is 22.3 Å². The van der Waals surface area contributed by atoms with E-state index in [9.17, 15) is 17.6 Å². The van der Waals surface area contributed by atoms with Crippen molar-refractivity contribution in [2.24, 2.45) is 11.8 Å². The molecule has 0 aromatic carbocycles. The van der Waals surface area contributed by atoms with Gasteiger partial charge in [-0.25, -0.2) is 4.98 Å². The molecule has 5 nitrogen and oxygen atoms in total. The predicted molar refractivity (Wildman–Crippen MR) is 97.8 cm³/mol. The number of hydrogen-bond acceptors (Lipinski definition) is 4. The summed E-state index contributed by atoms with van der Waals surface area (Å²) in [4.78, 5) is 3.91. The Bertz CT molecular complexity index is 811. The summed E-state index contributed by atoms with van der Waals surface area (Å²) in [5.41, 5.74) is 7.38. The molecule has 3 atom stereocenters. The quantitative estimate of drug-likeness (QED) is 0.649. The number of anilines is 1. The number of rotatable bonds is 8. The minimum absolute atomic E-state index is 0.00540. The standard InChI is InChI=1S/C19H24F4N4O/c1-10(2)27-15(17-11(3-4-20)5-12(17)8-21)7-14(26-27)13-6-16(28-19(22)23)18(24)25-9-13/h6-7,9-12,17,19H,3-5,8H2,1-2H3,(H2,24,25)/t11-,12?,17+/m1/s1. The van der Waals surface area contributed by atoms with Gasteiger partial charge in [-0.3, -0.25) is 13.5 Å². The third-order valence-electron chi connectivity index (χ3n) is 5.29. The molecule has 0 radical (unpaired) electrons. The van der Waals surface area contributed by atoms with Crippen LogP contribution in [0.3, 0.4) is 0 Å². The van der Waals surface area contributed by atoms with Crippen LogP contribution in [0, 0.1) is 11.8 Å². The lowest BCUT2D eigenvalue weighted by atomic mass is 9.62. The van der Waals surface area contributed by atoms with Gasteiger partial charge < -0.3 is 10.5 Å². The molecule has 3 rings (SSSR count). The molecule has 0 saturated heterocycles. The van der Waals surface area contributed by atoms with Crippen molar-refractivity contribution in [3.8, 4) is 17.0 Å². The van der Waals surface area contributed by atoms with Crippen molar-refractivity contribution in [2.45, 2.75) is 45.3 Å². The molecule has 0 bridgehead atoms. The highest BCUT2D eigenvalue weighted by Gasteiger charge is 2.43. The van der Waals surface area contributed by atoms with Gasteiger partial charge in [-0.2, -0.15) is 13.9 Å². The van der Waals surface area contributed by atoms with E-state index in [0.717, 1.165) is 5.69 Å². The van der Waals surface area contributed by atoms with Crippen molar-refractivity contribution >= 4 is 5.82 Å². The van der Waals surface area contributed by atoms with E-state index in [1.165, 1.54) is 12.3 Å². The molecule has 28 heavy (non-hydrogen) atoms. The molecule has 9 heteroatoms. The van der Waals surface area contributed by atoms with Crippen molar-refractivity contribution in [1.82, 2.24) is 14.8 Å². The summed E-state index contributed by atoms with van der Waals surface area (Å²) < 4.78 is 57.7. The topological polar surface area (TPSA) is 66.0 Å². The zero-order valence-corrected chi connectivity index (χ0v) is 15.8. The highest BCUT2D eigenvalue weighted by molar-refractivity contribution is 5.64. The van der Waals surface area contributed by atoms with Crippen LogP contribution in [0.2, 0.25) is 0 Å². The first-order valence-electron chi connectivity index (χ1n) is 9.27. The molecule has 2 aromatic heterocycles. The molecular weight excluding hydrogens is 376 g/mol.